The van der Waals surface area contributed by atoms with Crippen LogP contribution in [0.4, 0.5) is 8.78 Å². The largest absolute Gasteiger partial charge is 0.204 e. The average Bonchev–Trinajstić information content (AvgIpc) is 2.20. The first-order chi connectivity index (χ1) is 7.13. The van der Waals surface area contributed by atoms with Crippen LogP contribution in [0, 0.1) is 11.6 Å². The molecule has 1 aromatic rings. The van der Waals surface area contributed by atoms with Gasteiger partial charge in [-0.25, -0.2) is 8.78 Å². The molecule has 0 aromatic heterocycles. The molecule has 15 heavy (non-hydrogen) atoms. The van der Waals surface area contributed by atoms with Crippen molar-refractivity contribution in [1.82, 2.24) is 0 Å². The molecule has 0 amide bonds. The summed E-state index contributed by atoms with van der Waals surface area (Å²) >= 11 is 6.03. The maximum Gasteiger partial charge on any atom is 0.159 e. The molecule has 0 aliphatic heterocycles. The Bertz CT molecular complexity index is 312. The summed E-state index contributed by atoms with van der Waals surface area (Å²) < 4.78 is 25.5. The summed E-state index contributed by atoms with van der Waals surface area (Å²) in [6.45, 7) is 2.08. The third-order valence-electron chi connectivity index (χ3n) is 2.33. The van der Waals surface area contributed by atoms with Gasteiger partial charge in [-0.15, -0.1) is 11.6 Å². The molecule has 0 saturated heterocycles. The maximum absolute atomic E-state index is 12.8. The van der Waals surface area contributed by atoms with Crippen molar-refractivity contribution in [2.45, 2.75) is 38.0 Å². The van der Waals surface area contributed by atoms with E-state index in [1.165, 1.54) is 6.07 Å². The first-order valence-corrected chi connectivity index (χ1v) is 5.65. The molecule has 3 heteroatoms. The van der Waals surface area contributed by atoms with Crippen LogP contribution in [0.25, 0.3) is 0 Å². The lowest BCUT2D eigenvalue weighted by Gasteiger charge is -2.07. The van der Waals surface area contributed by atoms with Crippen LogP contribution in [0.1, 0.15) is 31.7 Å². The fourth-order valence-corrected chi connectivity index (χ4v) is 1.80. The van der Waals surface area contributed by atoms with Crippen molar-refractivity contribution in [1.29, 1.82) is 0 Å². The molecule has 0 radical (unpaired) electrons. The Morgan fingerprint density at radius 3 is 2.53 bits per heavy atom. The van der Waals surface area contributed by atoms with Gasteiger partial charge in [0, 0.05) is 5.38 Å². The molecule has 0 spiro atoms. The lowest BCUT2D eigenvalue weighted by Crippen LogP contribution is -2.00. The molecule has 84 valence electrons. The summed E-state index contributed by atoms with van der Waals surface area (Å²) in [4.78, 5) is 0. The Kier molecular flexibility index (Phi) is 5.03. The monoisotopic (exact) mass is 232 g/mol. The van der Waals surface area contributed by atoms with Crippen LogP contribution in [-0.4, -0.2) is 5.38 Å². The van der Waals surface area contributed by atoms with Gasteiger partial charge in [0.1, 0.15) is 0 Å². The van der Waals surface area contributed by atoms with Gasteiger partial charge in [-0.3, -0.25) is 0 Å². The Morgan fingerprint density at radius 2 is 1.93 bits per heavy atom. The van der Waals surface area contributed by atoms with Crippen molar-refractivity contribution in [3.8, 4) is 0 Å². The number of halogens is 3. The maximum atomic E-state index is 12.8. The summed E-state index contributed by atoms with van der Waals surface area (Å²) in [5, 5.41) is 0.128. The molecule has 0 bridgehead atoms. The lowest BCUT2D eigenvalue weighted by molar-refractivity contribution is 0.506. The van der Waals surface area contributed by atoms with Gasteiger partial charge in [-0.05, 0) is 37.0 Å². The fraction of sp³-hybridized carbons (Fsp3) is 0.500. The second-order valence-corrected chi connectivity index (χ2v) is 4.29. The van der Waals surface area contributed by atoms with Gasteiger partial charge < -0.3 is 0 Å². The van der Waals surface area contributed by atoms with Gasteiger partial charge in [0.2, 0.25) is 0 Å². The van der Waals surface area contributed by atoms with Crippen molar-refractivity contribution in [3.05, 3.63) is 35.4 Å². The van der Waals surface area contributed by atoms with E-state index in [1.54, 1.807) is 6.07 Å². The van der Waals surface area contributed by atoms with Gasteiger partial charge in [0.15, 0.2) is 11.6 Å². The minimum absolute atomic E-state index is 0.128. The van der Waals surface area contributed by atoms with Crippen molar-refractivity contribution < 1.29 is 8.78 Å². The summed E-state index contributed by atoms with van der Waals surface area (Å²) in [5.74, 6) is -1.58. The van der Waals surface area contributed by atoms with E-state index in [2.05, 4.69) is 6.92 Å². The minimum Gasteiger partial charge on any atom is -0.204 e. The number of hydrogen-bond donors (Lipinski definition) is 0. The van der Waals surface area contributed by atoms with Crippen molar-refractivity contribution in [2.24, 2.45) is 0 Å². The molecule has 0 N–H and O–H groups in total. The van der Waals surface area contributed by atoms with E-state index >= 15 is 0 Å². The van der Waals surface area contributed by atoms with Crippen LogP contribution in [0.15, 0.2) is 18.2 Å². The highest BCUT2D eigenvalue weighted by atomic mass is 35.5. The second kappa shape index (κ2) is 6.06. The molecule has 0 aliphatic carbocycles. The molecule has 0 heterocycles. The Labute approximate surface area is 94.3 Å². The topological polar surface area (TPSA) is 0 Å². The Hall–Kier alpha value is -0.630. The molecule has 1 atom stereocenters. The summed E-state index contributed by atoms with van der Waals surface area (Å²) in [5.41, 5.74) is 0.802. The van der Waals surface area contributed by atoms with E-state index in [0.717, 1.165) is 30.9 Å². The van der Waals surface area contributed by atoms with Crippen LogP contribution in [0.3, 0.4) is 0 Å². The summed E-state index contributed by atoms with van der Waals surface area (Å²) in [7, 11) is 0. The van der Waals surface area contributed by atoms with Gasteiger partial charge in [0.05, 0.1) is 0 Å². The van der Waals surface area contributed by atoms with Crippen LogP contribution >= 0.6 is 11.6 Å². The minimum atomic E-state index is -0.797. The number of rotatable bonds is 5. The van der Waals surface area contributed by atoms with Crippen LogP contribution < -0.4 is 0 Å². The van der Waals surface area contributed by atoms with E-state index in [9.17, 15) is 8.78 Å². The quantitative estimate of drug-likeness (QED) is 0.664. The number of alkyl halides is 1. The first-order valence-electron chi connectivity index (χ1n) is 5.21. The first kappa shape index (κ1) is 12.4. The van der Waals surface area contributed by atoms with Gasteiger partial charge in [0.25, 0.3) is 0 Å². The molecule has 1 unspecified atom stereocenters. The molecule has 1 aromatic carbocycles. The zero-order valence-corrected chi connectivity index (χ0v) is 9.53. The zero-order valence-electron chi connectivity index (χ0n) is 8.77. The predicted molar refractivity (Wildman–Crippen MR) is 59.2 cm³/mol. The molecule has 0 nitrogen and oxygen atoms in total. The van der Waals surface area contributed by atoms with Gasteiger partial charge in [-0.2, -0.15) is 0 Å². The van der Waals surface area contributed by atoms with Crippen LogP contribution in [0.5, 0.6) is 0 Å². The van der Waals surface area contributed by atoms with E-state index < -0.39 is 11.6 Å². The number of benzene rings is 1. The van der Waals surface area contributed by atoms with Gasteiger partial charge >= 0.3 is 0 Å². The fourth-order valence-electron chi connectivity index (χ4n) is 1.48. The smallest absolute Gasteiger partial charge is 0.159 e. The normalized spacial score (nSPS) is 12.8. The Morgan fingerprint density at radius 1 is 1.20 bits per heavy atom. The predicted octanol–water partition coefficient (Wildman–Crippen LogP) is 4.30. The second-order valence-electron chi connectivity index (χ2n) is 3.67. The van der Waals surface area contributed by atoms with E-state index in [-0.39, 0.29) is 5.38 Å². The zero-order chi connectivity index (χ0) is 11.3. The third kappa shape index (κ3) is 4.17. The molecule has 0 fully saturated rings. The molecule has 0 saturated carbocycles. The molecule has 1 rings (SSSR count). The summed E-state index contributed by atoms with van der Waals surface area (Å²) in [6, 6.07) is 4.01. The lowest BCUT2D eigenvalue weighted by atomic mass is 10.1. The molecular formula is C12H15ClF2. The van der Waals surface area contributed by atoms with Gasteiger partial charge in [-0.1, -0.05) is 19.4 Å². The molecule has 0 aliphatic rings. The average molecular weight is 233 g/mol. The van der Waals surface area contributed by atoms with E-state index in [0.29, 0.717) is 6.42 Å². The third-order valence-corrected chi connectivity index (χ3v) is 2.77. The standard InChI is InChI=1S/C12H15ClF2/c1-2-3-10(13)6-4-9-5-7-11(14)12(15)8-9/h5,7-8,10H,2-4,6H2,1H3. The van der Waals surface area contributed by atoms with Crippen molar-refractivity contribution in [3.63, 3.8) is 0 Å². The summed E-state index contributed by atoms with van der Waals surface area (Å²) in [6.07, 6.45) is 3.52. The van der Waals surface area contributed by atoms with E-state index in [1.807, 2.05) is 0 Å². The van der Waals surface area contributed by atoms with E-state index in [4.69, 9.17) is 11.6 Å². The number of hydrogen-bond acceptors (Lipinski definition) is 0. The highest BCUT2D eigenvalue weighted by molar-refractivity contribution is 6.20. The SMILES string of the molecule is CCCC(Cl)CCc1ccc(F)c(F)c1. The molecular weight excluding hydrogens is 218 g/mol. The Balaban J connectivity index is 2.47. The number of aryl methyl sites for hydroxylation is 1. The van der Waals surface area contributed by atoms with Crippen LogP contribution in [-0.2, 0) is 6.42 Å². The van der Waals surface area contributed by atoms with Crippen molar-refractivity contribution in [2.75, 3.05) is 0 Å². The highest BCUT2D eigenvalue weighted by Crippen LogP contribution is 2.15. The van der Waals surface area contributed by atoms with Crippen molar-refractivity contribution >= 4 is 11.6 Å². The highest BCUT2D eigenvalue weighted by Gasteiger charge is 2.06. The van der Waals surface area contributed by atoms with Crippen LogP contribution in [0.2, 0.25) is 0 Å².